The van der Waals surface area contributed by atoms with E-state index in [9.17, 15) is 13.6 Å². The average Bonchev–Trinajstić information content (AvgIpc) is 2.92. The van der Waals surface area contributed by atoms with E-state index in [0.29, 0.717) is 5.69 Å². The van der Waals surface area contributed by atoms with E-state index in [1.54, 1.807) is 12.3 Å². The first-order chi connectivity index (χ1) is 12.1. The van der Waals surface area contributed by atoms with Crippen molar-refractivity contribution < 1.29 is 18.3 Å². The van der Waals surface area contributed by atoms with Crippen LogP contribution in [0, 0.1) is 11.6 Å². The van der Waals surface area contributed by atoms with Crippen LogP contribution in [0.15, 0.2) is 30.5 Å². The smallest absolute Gasteiger partial charge is 0.271 e. The number of nitrogens with zero attached hydrogens (tertiary/aromatic N) is 2. The Kier molecular flexibility index (Phi) is 5.63. The van der Waals surface area contributed by atoms with Crippen molar-refractivity contribution in [3.05, 3.63) is 47.8 Å². The molecule has 1 aromatic heterocycles. The number of halogens is 2. The lowest BCUT2D eigenvalue weighted by Gasteiger charge is -2.15. The Morgan fingerprint density at radius 2 is 1.96 bits per heavy atom. The molecular weight excluding hydrogens is 328 g/mol. The summed E-state index contributed by atoms with van der Waals surface area (Å²) in [5.74, 6) is -1.72. The van der Waals surface area contributed by atoms with Crippen molar-refractivity contribution in [1.29, 1.82) is 0 Å². The number of aromatic nitrogens is 2. The Balaban J connectivity index is 1.55. The molecule has 0 saturated heterocycles. The molecule has 0 spiro atoms. The van der Waals surface area contributed by atoms with Crippen LogP contribution in [0.4, 0.5) is 8.78 Å². The van der Waals surface area contributed by atoms with E-state index in [1.807, 2.05) is 0 Å². The van der Waals surface area contributed by atoms with Crippen LogP contribution in [-0.4, -0.2) is 21.7 Å². The minimum absolute atomic E-state index is 0.0682. The van der Waals surface area contributed by atoms with Gasteiger partial charge < -0.3 is 10.1 Å². The Morgan fingerprint density at radius 3 is 2.68 bits per heavy atom. The van der Waals surface area contributed by atoms with Crippen molar-refractivity contribution in [2.45, 2.75) is 51.3 Å². The standard InChI is InChI=1S/C18H21F2N3O2/c19-13-7-8-17(15(20)11-13)25-12-23-10-9-16(22-23)18(24)21-14-5-3-1-2-4-6-14/h7-11,14H,1-6,12H2,(H,21,24). The van der Waals surface area contributed by atoms with Gasteiger partial charge in [0, 0.05) is 18.3 Å². The molecule has 3 rings (SSSR count). The minimum atomic E-state index is -0.779. The highest BCUT2D eigenvalue weighted by molar-refractivity contribution is 5.92. The fraction of sp³-hybridized carbons (Fsp3) is 0.444. The Hall–Kier alpha value is -2.44. The largest absolute Gasteiger partial charge is 0.468 e. The molecule has 1 saturated carbocycles. The zero-order chi connectivity index (χ0) is 17.6. The summed E-state index contributed by atoms with van der Waals surface area (Å²) in [4.78, 5) is 12.3. The van der Waals surface area contributed by atoms with Crippen molar-refractivity contribution in [2.75, 3.05) is 0 Å². The third kappa shape index (κ3) is 4.78. The van der Waals surface area contributed by atoms with Crippen LogP contribution in [0.25, 0.3) is 0 Å². The molecule has 1 amide bonds. The van der Waals surface area contributed by atoms with Crippen molar-refractivity contribution in [1.82, 2.24) is 15.1 Å². The number of hydrogen-bond donors (Lipinski definition) is 1. The van der Waals surface area contributed by atoms with Gasteiger partial charge in [0.2, 0.25) is 0 Å². The van der Waals surface area contributed by atoms with Crippen LogP contribution in [0.2, 0.25) is 0 Å². The molecule has 5 nitrogen and oxygen atoms in total. The summed E-state index contributed by atoms with van der Waals surface area (Å²) >= 11 is 0. The van der Waals surface area contributed by atoms with E-state index >= 15 is 0 Å². The van der Waals surface area contributed by atoms with Gasteiger partial charge in [-0.3, -0.25) is 4.79 Å². The molecule has 0 bridgehead atoms. The maximum atomic E-state index is 13.5. The molecule has 1 fully saturated rings. The molecule has 7 heteroatoms. The van der Waals surface area contributed by atoms with Crippen LogP contribution in [0.3, 0.4) is 0 Å². The Bertz CT molecular complexity index is 725. The van der Waals surface area contributed by atoms with E-state index in [2.05, 4.69) is 10.4 Å². The lowest BCUT2D eigenvalue weighted by Crippen LogP contribution is -2.34. The SMILES string of the molecule is O=C(NC1CCCCCC1)c1ccn(COc2ccc(F)cc2F)n1. The number of hydrogen-bond acceptors (Lipinski definition) is 3. The molecule has 1 aliphatic rings. The van der Waals surface area contributed by atoms with Gasteiger partial charge in [-0.25, -0.2) is 13.5 Å². The van der Waals surface area contributed by atoms with Gasteiger partial charge in [-0.1, -0.05) is 25.7 Å². The quantitative estimate of drug-likeness (QED) is 0.839. The number of nitrogens with one attached hydrogen (secondary N) is 1. The molecule has 134 valence electrons. The summed E-state index contributed by atoms with van der Waals surface area (Å²) in [6, 6.07) is 4.88. The molecule has 2 aromatic rings. The highest BCUT2D eigenvalue weighted by Crippen LogP contribution is 2.19. The first-order valence-electron chi connectivity index (χ1n) is 8.54. The van der Waals surface area contributed by atoms with Gasteiger partial charge in [0.1, 0.15) is 11.5 Å². The van der Waals surface area contributed by atoms with Gasteiger partial charge in [0.15, 0.2) is 18.3 Å². The number of carbonyl (C=O) groups excluding carboxylic acids is 1. The highest BCUT2D eigenvalue weighted by Gasteiger charge is 2.17. The van der Waals surface area contributed by atoms with E-state index in [-0.39, 0.29) is 24.4 Å². The van der Waals surface area contributed by atoms with Crippen LogP contribution in [0.1, 0.15) is 49.0 Å². The zero-order valence-corrected chi connectivity index (χ0v) is 13.9. The van der Waals surface area contributed by atoms with Gasteiger partial charge in [0.05, 0.1) is 0 Å². The van der Waals surface area contributed by atoms with Crippen LogP contribution in [-0.2, 0) is 6.73 Å². The number of benzene rings is 1. The van der Waals surface area contributed by atoms with Gasteiger partial charge in [-0.05, 0) is 31.0 Å². The third-order valence-corrected chi connectivity index (χ3v) is 4.31. The summed E-state index contributed by atoms with van der Waals surface area (Å²) in [5.41, 5.74) is 0.299. The topological polar surface area (TPSA) is 56.2 Å². The first-order valence-corrected chi connectivity index (χ1v) is 8.54. The van der Waals surface area contributed by atoms with Crippen molar-refractivity contribution >= 4 is 5.91 Å². The third-order valence-electron chi connectivity index (χ3n) is 4.31. The molecule has 25 heavy (non-hydrogen) atoms. The Morgan fingerprint density at radius 1 is 1.20 bits per heavy atom. The number of ether oxygens (including phenoxy) is 1. The number of rotatable bonds is 5. The fourth-order valence-electron chi connectivity index (χ4n) is 2.97. The van der Waals surface area contributed by atoms with Crippen LogP contribution in [0.5, 0.6) is 5.75 Å². The van der Waals surface area contributed by atoms with E-state index in [0.717, 1.165) is 37.8 Å². The monoisotopic (exact) mass is 349 g/mol. The second kappa shape index (κ2) is 8.09. The lowest BCUT2D eigenvalue weighted by molar-refractivity contribution is 0.0926. The number of amides is 1. The van der Waals surface area contributed by atoms with Crippen molar-refractivity contribution in [3.63, 3.8) is 0 Å². The fourth-order valence-corrected chi connectivity index (χ4v) is 2.97. The van der Waals surface area contributed by atoms with Gasteiger partial charge in [-0.2, -0.15) is 5.10 Å². The number of carbonyl (C=O) groups is 1. The highest BCUT2D eigenvalue weighted by atomic mass is 19.1. The lowest BCUT2D eigenvalue weighted by atomic mass is 10.1. The summed E-state index contributed by atoms with van der Waals surface area (Å²) in [6.45, 7) is -0.0702. The molecule has 0 unspecified atom stereocenters. The molecule has 1 aliphatic carbocycles. The second-order valence-corrected chi connectivity index (χ2v) is 6.25. The molecule has 0 atom stereocenters. The molecule has 1 aromatic carbocycles. The maximum absolute atomic E-state index is 13.5. The maximum Gasteiger partial charge on any atom is 0.271 e. The van der Waals surface area contributed by atoms with E-state index < -0.39 is 11.6 Å². The summed E-state index contributed by atoms with van der Waals surface area (Å²) < 4.78 is 33.0. The van der Waals surface area contributed by atoms with Gasteiger partial charge >= 0.3 is 0 Å². The van der Waals surface area contributed by atoms with Crippen molar-refractivity contribution in [2.24, 2.45) is 0 Å². The summed E-state index contributed by atoms with van der Waals surface area (Å²) in [5, 5.41) is 7.16. The molecule has 1 N–H and O–H groups in total. The van der Waals surface area contributed by atoms with Crippen molar-refractivity contribution in [3.8, 4) is 5.75 Å². The van der Waals surface area contributed by atoms with Crippen LogP contribution >= 0.6 is 0 Å². The molecule has 1 heterocycles. The van der Waals surface area contributed by atoms with E-state index in [1.165, 1.54) is 23.6 Å². The molecule has 0 aliphatic heterocycles. The summed E-state index contributed by atoms with van der Waals surface area (Å²) in [7, 11) is 0. The molecule has 0 radical (unpaired) electrons. The zero-order valence-electron chi connectivity index (χ0n) is 13.9. The predicted molar refractivity (Wildman–Crippen MR) is 88.2 cm³/mol. The Labute approximate surface area is 145 Å². The summed E-state index contributed by atoms with van der Waals surface area (Å²) in [6.07, 6.45) is 8.30. The minimum Gasteiger partial charge on any atom is -0.468 e. The first kappa shape index (κ1) is 17.4. The average molecular weight is 349 g/mol. The van der Waals surface area contributed by atoms with E-state index in [4.69, 9.17) is 4.74 Å². The second-order valence-electron chi connectivity index (χ2n) is 6.25. The molecular formula is C18H21F2N3O2. The normalized spacial score (nSPS) is 15.6. The predicted octanol–water partition coefficient (Wildman–Crippen LogP) is 3.65. The van der Waals surface area contributed by atoms with Gasteiger partial charge in [-0.15, -0.1) is 0 Å². The van der Waals surface area contributed by atoms with Crippen LogP contribution < -0.4 is 10.1 Å². The van der Waals surface area contributed by atoms with Gasteiger partial charge in [0.25, 0.3) is 5.91 Å².